The summed E-state index contributed by atoms with van der Waals surface area (Å²) >= 11 is 0. The van der Waals surface area contributed by atoms with Crippen molar-refractivity contribution < 1.29 is 19.1 Å². The van der Waals surface area contributed by atoms with Crippen molar-refractivity contribution in [2.45, 2.75) is 51.1 Å². The van der Waals surface area contributed by atoms with E-state index in [1.165, 1.54) is 0 Å². The highest BCUT2D eigenvalue weighted by Crippen LogP contribution is 2.26. The molecule has 2 heterocycles. The molecule has 146 valence electrons. The highest BCUT2D eigenvalue weighted by atomic mass is 16.5. The van der Waals surface area contributed by atoms with Crippen LogP contribution in [0.1, 0.15) is 39.0 Å². The molecule has 2 aliphatic heterocycles. The fourth-order valence-electron chi connectivity index (χ4n) is 3.84. The molecule has 3 amide bonds. The van der Waals surface area contributed by atoms with Gasteiger partial charge in [0.05, 0.1) is 13.2 Å². The number of likely N-dealkylation sites (tertiary alicyclic amines) is 1. The zero-order chi connectivity index (χ0) is 19.4. The van der Waals surface area contributed by atoms with E-state index in [1.54, 1.807) is 16.9 Å². The number of amides is 3. The Hall–Kier alpha value is -2.57. The molecule has 7 heteroatoms. The van der Waals surface area contributed by atoms with Crippen molar-refractivity contribution in [2.75, 3.05) is 25.1 Å². The maximum Gasteiger partial charge on any atom is 0.243 e. The first-order valence-electron chi connectivity index (χ1n) is 9.57. The van der Waals surface area contributed by atoms with E-state index in [1.807, 2.05) is 31.2 Å². The number of benzene rings is 1. The van der Waals surface area contributed by atoms with E-state index in [2.05, 4.69) is 5.32 Å². The van der Waals surface area contributed by atoms with Crippen LogP contribution in [0.4, 0.5) is 5.69 Å². The van der Waals surface area contributed by atoms with Crippen LogP contribution in [0.5, 0.6) is 5.75 Å². The van der Waals surface area contributed by atoms with Gasteiger partial charge in [0.15, 0.2) is 0 Å². The van der Waals surface area contributed by atoms with Crippen molar-refractivity contribution in [3.05, 3.63) is 24.3 Å². The molecular formula is C20H27N3O4. The minimum absolute atomic E-state index is 0.00959. The first-order valence-corrected chi connectivity index (χ1v) is 9.57. The number of nitrogens with zero attached hydrogens (tertiary/aromatic N) is 2. The second kappa shape index (κ2) is 8.41. The fourth-order valence-corrected chi connectivity index (χ4v) is 3.84. The normalized spacial score (nSPS) is 22.7. The monoisotopic (exact) mass is 373 g/mol. The van der Waals surface area contributed by atoms with Crippen molar-refractivity contribution in [1.29, 1.82) is 0 Å². The Morgan fingerprint density at radius 2 is 2.11 bits per heavy atom. The third-order valence-electron chi connectivity index (χ3n) is 5.26. The van der Waals surface area contributed by atoms with Crippen LogP contribution in [-0.2, 0) is 14.4 Å². The van der Waals surface area contributed by atoms with Gasteiger partial charge in [-0.1, -0.05) is 13.0 Å². The minimum Gasteiger partial charge on any atom is -0.497 e. The third kappa shape index (κ3) is 4.23. The van der Waals surface area contributed by atoms with Gasteiger partial charge in [-0.2, -0.15) is 0 Å². The summed E-state index contributed by atoms with van der Waals surface area (Å²) in [6.07, 6.45) is 3.21. The Labute approximate surface area is 159 Å². The number of hydrogen-bond donors (Lipinski definition) is 1. The van der Waals surface area contributed by atoms with Crippen LogP contribution < -0.4 is 15.0 Å². The number of methoxy groups -OCH3 is 1. The lowest BCUT2D eigenvalue weighted by atomic mass is 10.0. The summed E-state index contributed by atoms with van der Waals surface area (Å²) in [6.45, 7) is 2.87. The van der Waals surface area contributed by atoms with Crippen LogP contribution in [0.15, 0.2) is 24.3 Å². The minimum atomic E-state index is -0.424. The molecule has 1 N–H and O–H groups in total. The van der Waals surface area contributed by atoms with Crippen LogP contribution in [-0.4, -0.2) is 54.9 Å². The molecule has 2 saturated heterocycles. The Morgan fingerprint density at radius 3 is 2.85 bits per heavy atom. The molecule has 0 spiro atoms. The predicted molar refractivity (Wildman–Crippen MR) is 102 cm³/mol. The van der Waals surface area contributed by atoms with Crippen LogP contribution in [0.25, 0.3) is 0 Å². The fraction of sp³-hybridized carbons (Fsp3) is 0.550. The summed E-state index contributed by atoms with van der Waals surface area (Å²) in [5, 5.41) is 2.99. The quantitative estimate of drug-likeness (QED) is 0.852. The molecule has 7 nitrogen and oxygen atoms in total. The number of hydrogen-bond acceptors (Lipinski definition) is 4. The first kappa shape index (κ1) is 19.2. The van der Waals surface area contributed by atoms with E-state index in [4.69, 9.17) is 4.74 Å². The van der Waals surface area contributed by atoms with Gasteiger partial charge in [-0.25, -0.2) is 0 Å². The van der Waals surface area contributed by atoms with Gasteiger partial charge in [0.1, 0.15) is 11.8 Å². The molecule has 0 radical (unpaired) electrons. The molecule has 0 saturated carbocycles. The summed E-state index contributed by atoms with van der Waals surface area (Å²) in [4.78, 5) is 40.7. The van der Waals surface area contributed by atoms with Crippen molar-refractivity contribution in [2.24, 2.45) is 0 Å². The van der Waals surface area contributed by atoms with Gasteiger partial charge in [-0.15, -0.1) is 0 Å². The van der Waals surface area contributed by atoms with Crippen LogP contribution in [0.2, 0.25) is 0 Å². The van der Waals surface area contributed by atoms with E-state index < -0.39 is 6.04 Å². The average molecular weight is 373 g/mol. The van der Waals surface area contributed by atoms with Gasteiger partial charge in [0.2, 0.25) is 17.7 Å². The van der Waals surface area contributed by atoms with E-state index in [0.29, 0.717) is 31.7 Å². The average Bonchev–Trinajstić information content (AvgIpc) is 3.07. The maximum atomic E-state index is 12.8. The Bertz CT molecular complexity index is 721. The van der Waals surface area contributed by atoms with Gasteiger partial charge in [0.25, 0.3) is 0 Å². The van der Waals surface area contributed by atoms with Gasteiger partial charge >= 0.3 is 0 Å². The standard InChI is InChI=1S/C20H27N3O4/c1-3-18(24)22-10-5-4-9-17(22)20(26)21-14-11-19(25)23(13-14)15-7-6-8-16(12-15)27-2/h6-8,12,14,17H,3-5,9-11,13H2,1-2H3,(H,21,26). The topological polar surface area (TPSA) is 79.0 Å². The van der Waals surface area contributed by atoms with Crippen molar-refractivity contribution in [3.63, 3.8) is 0 Å². The lowest BCUT2D eigenvalue weighted by Crippen LogP contribution is -2.54. The highest BCUT2D eigenvalue weighted by molar-refractivity contribution is 5.97. The number of carbonyl (C=O) groups excluding carboxylic acids is 3. The van der Waals surface area contributed by atoms with Crippen molar-refractivity contribution in [1.82, 2.24) is 10.2 Å². The van der Waals surface area contributed by atoms with Crippen molar-refractivity contribution >= 4 is 23.4 Å². The zero-order valence-electron chi connectivity index (χ0n) is 15.9. The van der Waals surface area contributed by atoms with E-state index >= 15 is 0 Å². The highest BCUT2D eigenvalue weighted by Gasteiger charge is 2.36. The molecule has 3 rings (SSSR count). The Kier molecular flexibility index (Phi) is 5.98. The van der Waals surface area contributed by atoms with Gasteiger partial charge in [-0.05, 0) is 31.4 Å². The predicted octanol–water partition coefficient (Wildman–Crippen LogP) is 1.71. The zero-order valence-corrected chi connectivity index (χ0v) is 15.9. The van der Waals surface area contributed by atoms with E-state index in [0.717, 1.165) is 18.5 Å². The van der Waals surface area contributed by atoms with Gasteiger partial charge in [-0.3, -0.25) is 14.4 Å². The largest absolute Gasteiger partial charge is 0.497 e. The SMILES string of the molecule is CCC(=O)N1CCCCC1C(=O)NC1CC(=O)N(c2cccc(OC)c2)C1. The molecule has 2 atom stereocenters. The molecule has 2 aliphatic rings. The number of ether oxygens (including phenoxy) is 1. The molecule has 1 aromatic rings. The molecule has 0 aliphatic carbocycles. The molecule has 27 heavy (non-hydrogen) atoms. The first-order chi connectivity index (χ1) is 13.0. The van der Waals surface area contributed by atoms with Gasteiger partial charge in [0, 0.05) is 37.7 Å². The third-order valence-corrected chi connectivity index (χ3v) is 5.26. The Morgan fingerprint density at radius 1 is 1.30 bits per heavy atom. The van der Waals surface area contributed by atoms with Crippen LogP contribution in [0.3, 0.4) is 0 Å². The summed E-state index contributed by atoms with van der Waals surface area (Å²) in [6, 6.07) is 6.65. The number of rotatable bonds is 5. The lowest BCUT2D eigenvalue weighted by molar-refractivity contribution is -0.142. The van der Waals surface area contributed by atoms with Crippen LogP contribution in [0, 0.1) is 0 Å². The second-order valence-electron chi connectivity index (χ2n) is 7.07. The number of anilines is 1. The number of nitrogens with one attached hydrogen (secondary N) is 1. The number of carbonyl (C=O) groups is 3. The number of piperidine rings is 1. The lowest BCUT2D eigenvalue weighted by Gasteiger charge is -2.35. The second-order valence-corrected chi connectivity index (χ2v) is 7.07. The summed E-state index contributed by atoms with van der Waals surface area (Å²) in [7, 11) is 1.58. The molecular weight excluding hydrogens is 346 g/mol. The smallest absolute Gasteiger partial charge is 0.243 e. The maximum absolute atomic E-state index is 12.8. The summed E-state index contributed by atoms with van der Waals surface area (Å²) in [5.74, 6) is 0.513. The van der Waals surface area contributed by atoms with E-state index in [9.17, 15) is 14.4 Å². The molecule has 0 bridgehead atoms. The van der Waals surface area contributed by atoms with Crippen LogP contribution >= 0.6 is 0 Å². The summed E-state index contributed by atoms with van der Waals surface area (Å²) < 4.78 is 5.22. The molecule has 2 fully saturated rings. The molecule has 0 aromatic heterocycles. The summed E-state index contributed by atoms with van der Waals surface area (Å²) in [5.41, 5.74) is 0.761. The van der Waals surface area contributed by atoms with Crippen molar-refractivity contribution in [3.8, 4) is 5.75 Å². The molecule has 2 unspecified atom stereocenters. The van der Waals surface area contributed by atoms with Gasteiger partial charge < -0.3 is 19.9 Å². The molecule has 1 aromatic carbocycles. The van der Waals surface area contributed by atoms with E-state index in [-0.39, 0.29) is 30.2 Å². The Balaban J connectivity index is 1.65.